The second kappa shape index (κ2) is 3.82. The number of carbonyl (C=O) groups is 1. The molecule has 0 fully saturated rings. The number of rotatable bonds is 3. The Labute approximate surface area is 102 Å². The third-order valence-electron chi connectivity index (χ3n) is 3.03. The van der Waals surface area contributed by atoms with E-state index in [1.165, 1.54) is 4.88 Å². The maximum Gasteiger partial charge on any atom is 0.354 e. The SMILES string of the molecule is COCc1nc2sc3c(n2c1C(=O)O)CCC3. The summed E-state index contributed by atoms with van der Waals surface area (Å²) >= 11 is 1.60. The summed E-state index contributed by atoms with van der Waals surface area (Å²) in [6, 6.07) is 0. The van der Waals surface area contributed by atoms with Gasteiger partial charge in [-0.3, -0.25) is 4.40 Å². The zero-order chi connectivity index (χ0) is 12.0. The Balaban J connectivity index is 2.28. The van der Waals surface area contributed by atoms with E-state index < -0.39 is 5.97 Å². The van der Waals surface area contributed by atoms with E-state index in [0.717, 1.165) is 29.9 Å². The van der Waals surface area contributed by atoms with Crippen molar-refractivity contribution in [1.29, 1.82) is 0 Å². The Hall–Kier alpha value is -1.40. The van der Waals surface area contributed by atoms with Crippen molar-refractivity contribution in [2.24, 2.45) is 0 Å². The number of methoxy groups -OCH3 is 1. The molecule has 0 bridgehead atoms. The molecule has 0 saturated heterocycles. The van der Waals surface area contributed by atoms with E-state index in [2.05, 4.69) is 4.98 Å². The number of imidazole rings is 1. The Morgan fingerprint density at radius 1 is 1.59 bits per heavy atom. The van der Waals surface area contributed by atoms with Crippen LogP contribution in [0.25, 0.3) is 4.96 Å². The van der Waals surface area contributed by atoms with Crippen LogP contribution in [0.2, 0.25) is 0 Å². The largest absolute Gasteiger partial charge is 0.477 e. The summed E-state index contributed by atoms with van der Waals surface area (Å²) in [4.78, 5) is 17.8. The van der Waals surface area contributed by atoms with Crippen molar-refractivity contribution >= 4 is 22.3 Å². The predicted octanol–water partition coefficient (Wildman–Crippen LogP) is 1.73. The molecule has 90 valence electrons. The van der Waals surface area contributed by atoms with Gasteiger partial charge < -0.3 is 9.84 Å². The number of carboxylic acid groups (broad SMARTS) is 1. The van der Waals surface area contributed by atoms with Crippen molar-refractivity contribution in [3.8, 4) is 0 Å². The van der Waals surface area contributed by atoms with Crippen molar-refractivity contribution in [3.63, 3.8) is 0 Å². The molecular weight excluding hydrogens is 240 g/mol. The highest BCUT2D eigenvalue weighted by Crippen LogP contribution is 2.33. The third kappa shape index (κ3) is 1.48. The zero-order valence-corrected chi connectivity index (χ0v) is 10.2. The van der Waals surface area contributed by atoms with Gasteiger partial charge in [0.15, 0.2) is 10.7 Å². The smallest absolute Gasteiger partial charge is 0.354 e. The number of hydrogen-bond donors (Lipinski definition) is 1. The minimum Gasteiger partial charge on any atom is -0.477 e. The summed E-state index contributed by atoms with van der Waals surface area (Å²) in [5.74, 6) is -0.933. The first-order chi connectivity index (χ1) is 8.22. The molecular formula is C11H12N2O3S. The molecule has 3 rings (SSSR count). The number of thiazole rings is 1. The molecule has 1 aliphatic carbocycles. The number of hydrogen-bond acceptors (Lipinski definition) is 4. The van der Waals surface area contributed by atoms with E-state index in [1.54, 1.807) is 22.8 Å². The van der Waals surface area contributed by atoms with Crippen LogP contribution in [0, 0.1) is 0 Å². The second-order valence-electron chi connectivity index (χ2n) is 4.09. The fraction of sp³-hybridized carbons (Fsp3) is 0.455. The normalized spacial score (nSPS) is 14.4. The van der Waals surface area contributed by atoms with Crippen molar-refractivity contribution in [1.82, 2.24) is 9.38 Å². The van der Waals surface area contributed by atoms with Gasteiger partial charge in [-0.1, -0.05) is 0 Å². The molecule has 6 heteroatoms. The van der Waals surface area contributed by atoms with Crippen LogP contribution in [-0.4, -0.2) is 27.6 Å². The van der Waals surface area contributed by atoms with Gasteiger partial charge in [-0.2, -0.15) is 0 Å². The highest BCUT2D eigenvalue weighted by molar-refractivity contribution is 7.17. The second-order valence-corrected chi connectivity index (χ2v) is 5.15. The first kappa shape index (κ1) is 10.7. The molecule has 2 aromatic rings. The average Bonchev–Trinajstić information content (AvgIpc) is 2.87. The van der Waals surface area contributed by atoms with Crippen LogP contribution in [-0.2, 0) is 24.2 Å². The molecule has 0 spiro atoms. The molecule has 0 amide bonds. The molecule has 17 heavy (non-hydrogen) atoms. The topological polar surface area (TPSA) is 63.8 Å². The van der Waals surface area contributed by atoms with Crippen molar-refractivity contribution < 1.29 is 14.6 Å². The molecule has 0 saturated carbocycles. The van der Waals surface area contributed by atoms with Crippen molar-refractivity contribution in [3.05, 3.63) is 22.0 Å². The standard InChI is InChI=1S/C11H12N2O3S/c1-16-5-6-9(10(14)15)13-7-3-2-4-8(7)17-11(13)12-6/h2-5H2,1H3,(H,14,15). The van der Waals surface area contributed by atoms with Gasteiger partial charge in [0.1, 0.15) is 5.69 Å². The molecule has 0 unspecified atom stereocenters. The minimum absolute atomic E-state index is 0.241. The molecule has 1 N–H and O–H groups in total. The number of aromatic nitrogens is 2. The Morgan fingerprint density at radius 3 is 3.12 bits per heavy atom. The molecule has 2 aromatic heterocycles. The summed E-state index contributed by atoms with van der Waals surface area (Å²) in [5, 5.41) is 9.32. The summed E-state index contributed by atoms with van der Waals surface area (Å²) in [6.07, 6.45) is 3.09. The Kier molecular flexibility index (Phi) is 2.41. The summed E-state index contributed by atoms with van der Waals surface area (Å²) in [6.45, 7) is 0.241. The van der Waals surface area contributed by atoms with Crippen LogP contribution in [0.3, 0.4) is 0 Å². The average molecular weight is 252 g/mol. The van der Waals surface area contributed by atoms with Crippen molar-refractivity contribution in [2.45, 2.75) is 25.9 Å². The van der Waals surface area contributed by atoms with Gasteiger partial charge >= 0.3 is 5.97 Å². The van der Waals surface area contributed by atoms with Crippen LogP contribution in [0.4, 0.5) is 0 Å². The van der Waals surface area contributed by atoms with E-state index in [-0.39, 0.29) is 12.3 Å². The minimum atomic E-state index is -0.933. The van der Waals surface area contributed by atoms with E-state index in [1.807, 2.05) is 0 Å². The fourth-order valence-corrected chi connectivity index (χ4v) is 3.60. The van der Waals surface area contributed by atoms with E-state index in [0.29, 0.717) is 5.69 Å². The first-order valence-corrected chi connectivity index (χ1v) is 6.28. The predicted molar refractivity (Wildman–Crippen MR) is 62.8 cm³/mol. The lowest BCUT2D eigenvalue weighted by atomic mass is 10.3. The molecule has 0 aliphatic heterocycles. The fourth-order valence-electron chi connectivity index (χ4n) is 2.38. The summed E-state index contributed by atoms with van der Waals surface area (Å²) in [7, 11) is 1.55. The summed E-state index contributed by atoms with van der Waals surface area (Å²) in [5.41, 5.74) is 1.90. The lowest BCUT2D eigenvalue weighted by molar-refractivity contribution is 0.0683. The molecule has 5 nitrogen and oxygen atoms in total. The van der Waals surface area contributed by atoms with Gasteiger partial charge in [0.25, 0.3) is 0 Å². The van der Waals surface area contributed by atoms with E-state index >= 15 is 0 Å². The molecule has 0 atom stereocenters. The first-order valence-electron chi connectivity index (χ1n) is 5.46. The Morgan fingerprint density at radius 2 is 2.41 bits per heavy atom. The Bertz CT molecular complexity index is 599. The van der Waals surface area contributed by atoms with Gasteiger partial charge in [0.2, 0.25) is 0 Å². The van der Waals surface area contributed by atoms with Gasteiger partial charge in [-0.25, -0.2) is 9.78 Å². The van der Waals surface area contributed by atoms with Gasteiger partial charge in [-0.15, -0.1) is 11.3 Å². The highest BCUT2D eigenvalue weighted by Gasteiger charge is 2.26. The molecule has 2 heterocycles. The highest BCUT2D eigenvalue weighted by atomic mass is 32.1. The number of carboxylic acids is 1. The quantitative estimate of drug-likeness (QED) is 0.903. The maximum absolute atomic E-state index is 11.4. The molecule has 0 aromatic carbocycles. The van der Waals surface area contributed by atoms with Crippen LogP contribution in [0.5, 0.6) is 0 Å². The molecule has 0 radical (unpaired) electrons. The van der Waals surface area contributed by atoms with Crippen LogP contribution in [0.1, 0.15) is 33.2 Å². The van der Waals surface area contributed by atoms with Crippen molar-refractivity contribution in [2.75, 3.05) is 7.11 Å². The maximum atomic E-state index is 11.4. The van der Waals surface area contributed by atoms with Gasteiger partial charge in [0, 0.05) is 17.7 Å². The molecule has 1 aliphatic rings. The number of aryl methyl sites for hydroxylation is 2. The van der Waals surface area contributed by atoms with Gasteiger partial charge in [-0.05, 0) is 19.3 Å². The van der Waals surface area contributed by atoms with Crippen LogP contribution >= 0.6 is 11.3 Å². The van der Waals surface area contributed by atoms with E-state index in [9.17, 15) is 9.90 Å². The van der Waals surface area contributed by atoms with Gasteiger partial charge in [0.05, 0.1) is 6.61 Å². The summed E-state index contributed by atoms with van der Waals surface area (Å²) < 4.78 is 6.80. The lowest BCUT2D eigenvalue weighted by Gasteiger charge is -2.00. The number of ether oxygens (including phenoxy) is 1. The number of fused-ring (bicyclic) bond motifs is 3. The van der Waals surface area contributed by atoms with Crippen LogP contribution in [0.15, 0.2) is 0 Å². The number of aromatic carboxylic acids is 1. The monoisotopic (exact) mass is 252 g/mol. The third-order valence-corrected chi connectivity index (χ3v) is 4.17. The lowest BCUT2D eigenvalue weighted by Crippen LogP contribution is -2.07. The zero-order valence-electron chi connectivity index (χ0n) is 9.39. The van der Waals surface area contributed by atoms with Crippen LogP contribution < -0.4 is 0 Å². The number of nitrogens with zero attached hydrogens (tertiary/aromatic N) is 2. The van der Waals surface area contributed by atoms with E-state index in [4.69, 9.17) is 4.74 Å².